The number of nitrogens with one attached hydrogen (secondary N) is 1. The highest BCUT2D eigenvalue weighted by Crippen LogP contribution is 2.44. The third-order valence-corrected chi connectivity index (χ3v) is 3.04. The average molecular weight is 208 g/mol. The van der Waals surface area contributed by atoms with E-state index in [0.717, 1.165) is 25.3 Å². The summed E-state index contributed by atoms with van der Waals surface area (Å²) < 4.78 is 2.04. The van der Waals surface area contributed by atoms with Gasteiger partial charge >= 0.3 is 0 Å². The van der Waals surface area contributed by atoms with Crippen molar-refractivity contribution in [1.29, 1.82) is 0 Å². The summed E-state index contributed by atoms with van der Waals surface area (Å²) in [6.07, 6.45) is 6.64. The maximum atomic E-state index is 5.47. The second-order valence-electron chi connectivity index (χ2n) is 4.81. The Hall–Kier alpha value is -0.870. The second kappa shape index (κ2) is 4.33. The third-order valence-electron chi connectivity index (χ3n) is 3.04. The summed E-state index contributed by atoms with van der Waals surface area (Å²) in [7, 11) is 0. The summed E-state index contributed by atoms with van der Waals surface area (Å²) >= 11 is 0. The molecule has 0 atom stereocenters. The van der Waals surface area contributed by atoms with Crippen LogP contribution in [0.4, 0.5) is 0 Å². The van der Waals surface area contributed by atoms with E-state index in [1.54, 1.807) is 0 Å². The molecule has 1 saturated carbocycles. The number of nitrogens with two attached hydrogens (primary N) is 1. The first-order valence-corrected chi connectivity index (χ1v) is 5.63. The van der Waals surface area contributed by atoms with Crippen LogP contribution in [0.3, 0.4) is 0 Å². The first kappa shape index (κ1) is 10.6. The van der Waals surface area contributed by atoms with Gasteiger partial charge in [0.2, 0.25) is 0 Å². The molecule has 3 N–H and O–H groups in total. The highest BCUT2D eigenvalue weighted by atomic mass is 15.1. The van der Waals surface area contributed by atoms with Gasteiger partial charge in [-0.15, -0.1) is 0 Å². The number of imidazole rings is 1. The fourth-order valence-electron chi connectivity index (χ4n) is 1.65. The lowest BCUT2D eigenvalue weighted by Gasteiger charge is -2.08. The van der Waals surface area contributed by atoms with Crippen LogP contribution in [0.25, 0.3) is 0 Å². The maximum Gasteiger partial charge on any atom is 0.0950 e. The van der Waals surface area contributed by atoms with Crippen LogP contribution in [0.2, 0.25) is 0 Å². The average Bonchev–Trinajstić information content (AvgIpc) is 2.76. The molecule has 15 heavy (non-hydrogen) atoms. The van der Waals surface area contributed by atoms with Gasteiger partial charge in [0, 0.05) is 32.4 Å². The number of hydrogen-bond donors (Lipinski definition) is 2. The molecule has 1 aromatic rings. The van der Waals surface area contributed by atoms with Crippen molar-refractivity contribution in [2.45, 2.75) is 32.9 Å². The molecule has 84 valence electrons. The van der Waals surface area contributed by atoms with Gasteiger partial charge in [-0.3, -0.25) is 0 Å². The molecule has 1 heterocycles. The molecule has 4 heteroatoms. The third kappa shape index (κ3) is 3.04. The molecule has 0 saturated heterocycles. The molecule has 0 spiro atoms. The van der Waals surface area contributed by atoms with Gasteiger partial charge in [-0.05, 0) is 18.3 Å². The Labute approximate surface area is 90.9 Å². The minimum absolute atomic E-state index is 0.569. The van der Waals surface area contributed by atoms with Crippen molar-refractivity contribution in [3.05, 3.63) is 18.2 Å². The maximum absolute atomic E-state index is 5.47. The van der Waals surface area contributed by atoms with Gasteiger partial charge in [0.15, 0.2) is 0 Å². The first-order valence-electron chi connectivity index (χ1n) is 5.63. The van der Waals surface area contributed by atoms with Crippen LogP contribution in [-0.4, -0.2) is 22.6 Å². The van der Waals surface area contributed by atoms with Crippen LogP contribution in [0, 0.1) is 5.41 Å². The van der Waals surface area contributed by atoms with Crippen molar-refractivity contribution in [2.24, 2.45) is 11.1 Å². The Balaban J connectivity index is 1.73. The summed E-state index contributed by atoms with van der Waals surface area (Å²) in [6, 6.07) is 0. The van der Waals surface area contributed by atoms with Crippen LogP contribution >= 0.6 is 0 Å². The molecule has 2 rings (SSSR count). The molecule has 1 aliphatic carbocycles. The lowest BCUT2D eigenvalue weighted by atomic mass is 10.1. The van der Waals surface area contributed by atoms with E-state index in [1.165, 1.54) is 12.8 Å². The highest BCUT2D eigenvalue weighted by molar-refractivity contribution is 4.97. The van der Waals surface area contributed by atoms with E-state index in [2.05, 4.69) is 23.4 Å². The number of nitrogens with zero attached hydrogens (tertiary/aromatic N) is 2. The summed E-state index contributed by atoms with van der Waals surface area (Å²) in [6.45, 7) is 5.82. The Kier molecular flexibility index (Phi) is 3.07. The SMILES string of the molecule is CC1(CNCc2cn(CCN)cn2)CC1. The number of aromatic nitrogens is 2. The molecule has 0 amide bonds. The van der Waals surface area contributed by atoms with Gasteiger partial charge in [-0.1, -0.05) is 6.92 Å². The molecule has 1 aliphatic rings. The van der Waals surface area contributed by atoms with E-state index in [-0.39, 0.29) is 0 Å². The normalized spacial score (nSPS) is 18.0. The zero-order valence-electron chi connectivity index (χ0n) is 9.37. The van der Waals surface area contributed by atoms with Gasteiger partial charge in [0.05, 0.1) is 12.0 Å². The van der Waals surface area contributed by atoms with Crippen LogP contribution in [0.5, 0.6) is 0 Å². The van der Waals surface area contributed by atoms with Crippen molar-refractivity contribution in [3.63, 3.8) is 0 Å². The number of rotatable bonds is 6. The molecule has 1 fully saturated rings. The molecule has 4 nitrogen and oxygen atoms in total. The quantitative estimate of drug-likeness (QED) is 0.724. The molecule has 0 unspecified atom stereocenters. The Bertz CT molecular complexity index is 314. The molecule has 0 aromatic carbocycles. The second-order valence-corrected chi connectivity index (χ2v) is 4.81. The predicted molar refractivity (Wildman–Crippen MR) is 60.3 cm³/mol. The minimum Gasteiger partial charge on any atom is -0.336 e. The molecule has 0 radical (unpaired) electrons. The fourth-order valence-corrected chi connectivity index (χ4v) is 1.65. The van der Waals surface area contributed by atoms with Gasteiger partial charge < -0.3 is 15.6 Å². The Morgan fingerprint density at radius 3 is 3.07 bits per heavy atom. The van der Waals surface area contributed by atoms with Crippen LogP contribution < -0.4 is 11.1 Å². The smallest absolute Gasteiger partial charge is 0.0950 e. The molecule has 1 aromatic heterocycles. The topological polar surface area (TPSA) is 55.9 Å². The van der Waals surface area contributed by atoms with Gasteiger partial charge in [-0.2, -0.15) is 0 Å². The van der Waals surface area contributed by atoms with Gasteiger partial charge in [-0.25, -0.2) is 4.98 Å². The van der Waals surface area contributed by atoms with E-state index < -0.39 is 0 Å². The lowest BCUT2D eigenvalue weighted by Crippen LogP contribution is -2.21. The van der Waals surface area contributed by atoms with Crippen LogP contribution in [0.1, 0.15) is 25.5 Å². The van der Waals surface area contributed by atoms with E-state index >= 15 is 0 Å². The van der Waals surface area contributed by atoms with Crippen molar-refractivity contribution in [3.8, 4) is 0 Å². The summed E-state index contributed by atoms with van der Waals surface area (Å²) in [4.78, 5) is 4.32. The molecular weight excluding hydrogens is 188 g/mol. The molecular formula is C11H20N4. The largest absolute Gasteiger partial charge is 0.336 e. The highest BCUT2D eigenvalue weighted by Gasteiger charge is 2.36. The minimum atomic E-state index is 0.569. The van der Waals surface area contributed by atoms with Crippen LogP contribution in [0.15, 0.2) is 12.5 Å². The van der Waals surface area contributed by atoms with Crippen molar-refractivity contribution in [1.82, 2.24) is 14.9 Å². The fraction of sp³-hybridized carbons (Fsp3) is 0.727. The number of hydrogen-bond acceptors (Lipinski definition) is 3. The van der Waals surface area contributed by atoms with E-state index in [1.807, 2.05) is 10.9 Å². The van der Waals surface area contributed by atoms with Gasteiger partial charge in [0.1, 0.15) is 0 Å². The van der Waals surface area contributed by atoms with Crippen molar-refractivity contribution >= 4 is 0 Å². The lowest BCUT2D eigenvalue weighted by molar-refractivity contribution is 0.497. The first-order chi connectivity index (χ1) is 7.22. The zero-order valence-corrected chi connectivity index (χ0v) is 9.37. The Morgan fingerprint density at radius 1 is 1.60 bits per heavy atom. The summed E-state index contributed by atoms with van der Waals surface area (Å²) in [5, 5.41) is 3.45. The summed E-state index contributed by atoms with van der Waals surface area (Å²) in [5.41, 5.74) is 7.14. The van der Waals surface area contributed by atoms with E-state index in [0.29, 0.717) is 12.0 Å². The van der Waals surface area contributed by atoms with Crippen LogP contribution in [-0.2, 0) is 13.1 Å². The van der Waals surface area contributed by atoms with Crippen molar-refractivity contribution in [2.75, 3.05) is 13.1 Å². The van der Waals surface area contributed by atoms with E-state index in [9.17, 15) is 0 Å². The van der Waals surface area contributed by atoms with E-state index in [4.69, 9.17) is 5.73 Å². The van der Waals surface area contributed by atoms with Gasteiger partial charge in [0.25, 0.3) is 0 Å². The molecule has 0 bridgehead atoms. The summed E-state index contributed by atoms with van der Waals surface area (Å²) in [5.74, 6) is 0. The predicted octanol–water partition coefficient (Wildman–Crippen LogP) is 0.731. The monoisotopic (exact) mass is 208 g/mol. The molecule has 0 aliphatic heterocycles. The van der Waals surface area contributed by atoms with Crippen molar-refractivity contribution < 1.29 is 0 Å². The Morgan fingerprint density at radius 2 is 2.40 bits per heavy atom. The standard InChI is InChI=1S/C11H20N4/c1-11(2-3-11)8-13-6-10-7-15(5-4-12)9-14-10/h7,9,13H,2-6,8,12H2,1H3. The zero-order chi connectivity index (χ0) is 10.7.